The summed E-state index contributed by atoms with van der Waals surface area (Å²) in [7, 11) is 0. The Morgan fingerprint density at radius 1 is 0.500 bits per heavy atom. The van der Waals surface area contributed by atoms with Crippen molar-refractivity contribution in [3.8, 4) is 39.3 Å². The molecule has 0 unspecified atom stereocenters. The van der Waals surface area contributed by atoms with E-state index in [9.17, 15) is 0 Å². The lowest BCUT2D eigenvalue weighted by atomic mass is 9.81. The second-order valence-corrected chi connectivity index (χ2v) is 12.4. The molecule has 0 radical (unpaired) electrons. The minimum Gasteiger partial charge on any atom is -0.291 e. The lowest BCUT2D eigenvalue weighted by Gasteiger charge is -2.23. The monoisotopic (exact) mass is 562 g/mol. The van der Waals surface area contributed by atoms with Crippen LogP contribution in [-0.2, 0) is 5.41 Å². The first-order valence-corrected chi connectivity index (χ1v) is 15.3. The average Bonchev–Trinajstić information content (AvgIpc) is 3.56. The maximum Gasteiger partial charge on any atom is 0.145 e. The first-order valence-electron chi connectivity index (χ1n) is 15.3. The molecule has 0 bridgehead atoms. The van der Waals surface area contributed by atoms with E-state index in [1.165, 1.54) is 60.6 Å². The molecule has 208 valence electrons. The number of imidazole rings is 1. The summed E-state index contributed by atoms with van der Waals surface area (Å²) in [5.41, 5.74) is 12.3. The van der Waals surface area contributed by atoms with Crippen LogP contribution in [0.1, 0.15) is 25.0 Å². The summed E-state index contributed by atoms with van der Waals surface area (Å²) in [6, 6.07) is 52.8. The Balaban J connectivity index is 1.39. The predicted octanol–water partition coefficient (Wildman–Crippen LogP) is 11.0. The average molecular weight is 563 g/mol. The molecule has 7 aromatic carbocycles. The van der Waals surface area contributed by atoms with Gasteiger partial charge in [0.2, 0.25) is 0 Å². The molecule has 2 heteroatoms. The van der Waals surface area contributed by atoms with Gasteiger partial charge in [-0.05, 0) is 62.4 Å². The zero-order valence-corrected chi connectivity index (χ0v) is 24.8. The van der Waals surface area contributed by atoms with Gasteiger partial charge in [-0.15, -0.1) is 0 Å². The van der Waals surface area contributed by atoms with Crippen molar-refractivity contribution in [1.82, 2.24) is 9.55 Å². The Morgan fingerprint density at radius 3 is 1.84 bits per heavy atom. The molecule has 0 amide bonds. The van der Waals surface area contributed by atoms with Gasteiger partial charge >= 0.3 is 0 Å². The van der Waals surface area contributed by atoms with Gasteiger partial charge in [0, 0.05) is 21.8 Å². The van der Waals surface area contributed by atoms with Crippen LogP contribution in [-0.4, -0.2) is 9.55 Å². The summed E-state index contributed by atoms with van der Waals surface area (Å²) < 4.78 is 2.38. The number of nitrogens with zero attached hydrogens (tertiary/aromatic N) is 2. The third-order valence-electron chi connectivity index (χ3n) is 9.59. The molecule has 2 nitrogen and oxygen atoms in total. The van der Waals surface area contributed by atoms with Crippen LogP contribution in [0.2, 0.25) is 0 Å². The van der Waals surface area contributed by atoms with Crippen LogP contribution in [0.25, 0.3) is 71.9 Å². The van der Waals surface area contributed by atoms with Crippen molar-refractivity contribution in [2.45, 2.75) is 19.3 Å². The van der Waals surface area contributed by atoms with Crippen molar-refractivity contribution < 1.29 is 0 Å². The van der Waals surface area contributed by atoms with E-state index in [0.717, 1.165) is 22.4 Å². The van der Waals surface area contributed by atoms with E-state index in [-0.39, 0.29) is 5.41 Å². The zero-order valence-electron chi connectivity index (χ0n) is 24.8. The van der Waals surface area contributed by atoms with Crippen LogP contribution in [0.3, 0.4) is 0 Å². The highest BCUT2D eigenvalue weighted by Crippen LogP contribution is 2.51. The Hall–Kier alpha value is -5.47. The molecule has 0 saturated heterocycles. The molecule has 1 aromatic heterocycles. The van der Waals surface area contributed by atoms with E-state index in [4.69, 9.17) is 4.98 Å². The minimum absolute atomic E-state index is 0.0617. The summed E-state index contributed by atoms with van der Waals surface area (Å²) in [6.45, 7) is 4.71. The van der Waals surface area contributed by atoms with Gasteiger partial charge in [-0.3, -0.25) is 4.57 Å². The normalized spacial score (nSPS) is 13.4. The van der Waals surface area contributed by atoms with Crippen molar-refractivity contribution in [1.29, 1.82) is 0 Å². The largest absolute Gasteiger partial charge is 0.291 e. The maximum atomic E-state index is 5.19. The second-order valence-electron chi connectivity index (χ2n) is 12.4. The molecule has 1 aliphatic carbocycles. The number of hydrogen-bond acceptors (Lipinski definition) is 1. The van der Waals surface area contributed by atoms with Crippen molar-refractivity contribution in [3.63, 3.8) is 0 Å². The van der Waals surface area contributed by atoms with E-state index >= 15 is 0 Å². The minimum atomic E-state index is -0.0617. The van der Waals surface area contributed by atoms with Crippen LogP contribution >= 0.6 is 0 Å². The third-order valence-corrected chi connectivity index (χ3v) is 9.59. The van der Waals surface area contributed by atoms with E-state index in [2.05, 4.69) is 164 Å². The highest BCUT2D eigenvalue weighted by Gasteiger charge is 2.35. The second kappa shape index (κ2) is 9.26. The van der Waals surface area contributed by atoms with Gasteiger partial charge in [-0.1, -0.05) is 141 Å². The molecule has 0 aliphatic heterocycles. The molecule has 9 rings (SSSR count). The van der Waals surface area contributed by atoms with Gasteiger partial charge in [-0.25, -0.2) is 4.98 Å². The molecule has 8 aromatic rings. The zero-order chi connectivity index (χ0) is 29.4. The molecule has 1 heterocycles. The Bertz CT molecular complexity index is 2350. The number of aromatic nitrogens is 2. The van der Waals surface area contributed by atoms with E-state index < -0.39 is 0 Å². The third kappa shape index (κ3) is 3.46. The fourth-order valence-corrected chi connectivity index (χ4v) is 7.55. The van der Waals surface area contributed by atoms with Gasteiger partial charge in [0.15, 0.2) is 0 Å². The van der Waals surface area contributed by atoms with E-state index in [0.29, 0.717) is 0 Å². The van der Waals surface area contributed by atoms with Crippen molar-refractivity contribution in [2.75, 3.05) is 0 Å². The topological polar surface area (TPSA) is 17.8 Å². The summed E-state index contributed by atoms with van der Waals surface area (Å²) in [5.74, 6) is 0.951. The van der Waals surface area contributed by atoms with Gasteiger partial charge in [0.25, 0.3) is 0 Å². The number of rotatable bonds is 3. The van der Waals surface area contributed by atoms with Crippen molar-refractivity contribution in [3.05, 3.63) is 157 Å². The van der Waals surface area contributed by atoms with Crippen molar-refractivity contribution in [2.24, 2.45) is 0 Å². The smallest absolute Gasteiger partial charge is 0.145 e. The van der Waals surface area contributed by atoms with Crippen LogP contribution in [0.4, 0.5) is 0 Å². The Morgan fingerprint density at radius 2 is 1.09 bits per heavy atom. The number of para-hydroxylation sites is 2. The van der Waals surface area contributed by atoms with Crippen LogP contribution in [0, 0.1) is 0 Å². The Kier molecular flexibility index (Phi) is 5.28. The molecular formula is C42H30N2. The molecule has 44 heavy (non-hydrogen) atoms. The molecule has 0 saturated carbocycles. The number of benzene rings is 7. The van der Waals surface area contributed by atoms with Crippen molar-refractivity contribution >= 4 is 32.6 Å². The lowest BCUT2D eigenvalue weighted by molar-refractivity contribution is 0.660. The molecule has 0 spiro atoms. The highest BCUT2D eigenvalue weighted by molar-refractivity contribution is 6.19. The maximum absolute atomic E-state index is 5.19. The SMILES string of the molecule is CC1(C)c2ccccc2-c2ccc(-c3c4ccccc4c(-n4c(-c5ccccc5)nc5ccccc54)c4ccccc34)cc21. The first kappa shape index (κ1) is 25.1. The fourth-order valence-electron chi connectivity index (χ4n) is 7.55. The molecule has 1 aliphatic rings. The quantitative estimate of drug-likeness (QED) is 0.196. The molecule has 0 fully saturated rings. The standard InChI is InChI=1S/C42H30N2/c1-42(2)35-21-11-10-16-29(35)30-25-24-28(26-36(30)42)39-31-17-6-8-19-33(31)40(34-20-9-7-18-32(34)39)44-38-23-13-12-22-37(38)43-41(44)27-14-4-3-5-15-27/h3-26H,1-2H3. The summed E-state index contributed by atoms with van der Waals surface area (Å²) in [5, 5.41) is 4.91. The summed E-state index contributed by atoms with van der Waals surface area (Å²) >= 11 is 0. The lowest BCUT2D eigenvalue weighted by Crippen LogP contribution is -2.14. The van der Waals surface area contributed by atoms with Gasteiger partial charge in [0.1, 0.15) is 5.82 Å². The van der Waals surface area contributed by atoms with Crippen LogP contribution in [0.5, 0.6) is 0 Å². The van der Waals surface area contributed by atoms with Crippen LogP contribution < -0.4 is 0 Å². The highest BCUT2D eigenvalue weighted by atomic mass is 15.1. The Labute approximate surface area is 256 Å². The van der Waals surface area contributed by atoms with Gasteiger partial charge in [0.05, 0.1) is 16.7 Å². The molecule has 0 atom stereocenters. The van der Waals surface area contributed by atoms with E-state index in [1.54, 1.807) is 0 Å². The van der Waals surface area contributed by atoms with Gasteiger partial charge in [-0.2, -0.15) is 0 Å². The number of hydrogen-bond donors (Lipinski definition) is 0. The fraction of sp³-hybridized carbons (Fsp3) is 0.0714. The summed E-state index contributed by atoms with van der Waals surface area (Å²) in [4.78, 5) is 5.19. The molecular weight excluding hydrogens is 532 g/mol. The summed E-state index contributed by atoms with van der Waals surface area (Å²) in [6.07, 6.45) is 0. The van der Waals surface area contributed by atoms with Crippen LogP contribution in [0.15, 0.2) is 146 Å². The number of fused-ring (bicyclic) bond motifs is 6. The van der Waals surface area contributed by atoms with Gasteiger partial charge < -0.3 is 0 Å². The molecule has 0 N–H and O–H groups in total. The van der Waals surface area contributed by atoms with E-state index in [1.807, 2.05) is 0 Å². The first-order chi connectivity index (χ1) is 21.6. The predicted molar refractivity (Wildman–Crippen MR) is 185 cm³/mol.